The average Bonchev–Trinajstić information content (AvgIpc) is 3.02. The summed E-state index contributed by atoms with van der Waals surface area (Å²) in [5, 5.41) is 6.06. The lowest BCUT2D eigenvalue weighted by Gasteiger charge is -2.11. The maximum absolute atomic E-state index is 12.3. The number of hydrogen-bond acceptors (Lipinski definition) is 6. The quantitative estimate of drug-likeness (QED) is 0.634. The molecule has 0 saturated carbocycles. The van der Waals surface area contributed by atoms with Crippen LogP contribution in [0.15, 0.2) is 41.3 Å². The van der Waals surface area contributed by atoms with Gasteiger partial charge in [-0.25, -0.2) is 9.78 Å². The van der Waals surface area contributed by atoms with Gasteiger partial charge in [0.1, 0.15) is 11.5 Å². The molecule has 0 aliphatic carbocycles. The van der Waals surface area contributed by atoms with Crippen LogP contribution in [0.1, 0.15) is 0 Å². The first kappa shape index (κ1) is 17.4. The fraction of sp³-hybridized carbons (Fsp3) is 0.176. The molecular weight excluding hydrogens is 358 g/mol. The first-order chi connectivity index (χ1) is 12.1. The Hall–Kier alpha value is -2.45. The summed E-state index contributed by atoms with van der Waals surface area (Å²) in [7, 11) is 3.11. The van der Waals surface area contributed by atoms with Gasteiger partial charge in [-0.05, 0) is 36.6 Å². The lowest BCUT2D eigenvalue weighted by molar-refractivity contribution is 0.262. The van der Waals surface area contributed by atoms with E-state index in [9.17, 15) is 4.79 Å². The Labute approximate surface area is 153 Å². The monoisotopic (exact) mass is 375 g/mol. The van der Waals surface area contributed by atoms with E-state index >= 15 is 0 Å². The summed E-state index contributed by atoms with van der Waals surface area (Å²) in [5.41, 5.74) is 1.41. The zero-order chi connectivity index (χ0) is 17.8. The number of benzene rings is 2. The molecule has 1 aromatic heterocycles. The topological polar surface area (TPSA) is 72.5 Å². The maximum atomic E-state index is 12.3. The number of thioether (sulfide) groups is 1. The number of nitrogens with zero attached hydrogens (tertiary/aromatic N) is 1. The fourth-order valence-corrected chi connectivity index (χ4v) is 3.65. The second-order valence-electron chi connectivity index (χ2n) is 5.00. The third-order valence-corrected chi connectivity index (χ3v) is 5.13. The van der Waals surface area contributed by atoms with Crippen molar-refractivity contribution in [2.45, 2.75) is 4.90 Å². The Bertz CT molecular complexity index is 911. The lowest BCUT2D eigenvalue weighted by atomic mass is 10.2. The molecule has 6 nitrogen and oxygen atoms in total. The van der Waals surface area contributed by atoms with E-state index in [2.05, 4.69) is 21.7 Å². The molecule has 2 N–H and O–H groups in total. The van der Waals surface area contributed by atoms with E-state index in [1.807, 2.05) is 18.4 Å². The number of methoxy groups -OCH3 is 2. The summed E-state index contributed by atoms with van der Waals surface area (Å²) in [5.74, 6) is 1.17. The first-order valence-corrected chi connectivity index (χ1v) is 9.41. The summed E-state index contributed by atoms with van der Waals surface area (Å²) < 4.78 is 11.5. The van der Waals surface area contributed by atoms with Crippen molar-refractivity contribution in [2.75, 3.05) is 31.1 Å². The smallest absolute Gasteiger partial charge is 0.325 e. The van der Waals surface area contributed by atoms with Crippen molar-refractivity contribution in [3.8, 4) is 11.5 Å². The lowest BCUT2D eigenvalue weighted by Crippen LogP contribution is -2.19. The van der Waals surface area contributed by atoms with Gasteiger partial charge in [0.25, 0.3) is 0 Å². The van der Waals surface area contributed by atoms with Crippen LogP contribution in [0.5, 0.6) is 11.5 Å². The number of rotatable bonds is 5. The highest BCUT2D eigenvalue weighted by Gasteiger charge is 2.11. The molecule has 0 atom stereocenters. The van der Waals surface area contributed by atoms with Crippen molar-refractivity contribution >= 4 is 50.2 Å². The number of urea groups is 1. The molecular formula is C17H17N3O3S2. The number of ether oxygens (including phenoxy) is 2. The van der Waals surface area contributed by atoms with Gasteiger partial charge in [-0.3, -0.25) is 5.32 Å². The van der Waals surface area contributed by atoms with Crippen LogP contribution in [-0.4, -0.2) is 31.5 Å². The van der Waals surface area contributed by atoms with Gasteiger partial charge in [0.2, 0.25) is 0 Å². The van der Waals surface area contributed by atoms with Crippen molar-refractivity contribution in [2.24, 2.45) is 0 Å². The van der Waals surface area contributed by atoms with Gasteiger partial charge in [0.15, 0.2) is 5.13 Å². The van der Waals surface area contributed by atoms with E-state index in [-0.39, 0.29) is 6.03 Å². The van der Waals surface area contributed by atoms with Crippen molar-refractivity contribution in [1.82, 2.24) is 4.98 Å². The second kappa shape index (κ2) is 7.62. The molecule has 0 fully saturated rings. The Kier molecular flexibility index (Phi) is 5.30. The normalized spacial score (nSPS) is 10.5. The standard InChI is InChI=1S/C17H17N3O3S2/c1-22-10-4-6-12(14(8-10)23-2)18-16(21)20-17-19-13-7-5-11(24-3)9-15(13)25-17/h4-9H,1-3H3,(H2,18,19,20,21). The zero-order valence-electron chi connectivity index (χ0n) is 14.0. The van der Waals surface area contributed by atoms with E-state index in [1.165, 1.54) is 18.4 Å². The van der Waals surface area contributed by atoms with Crippen LogP contribution in [0, 0.1) is 0 Å². The Balaban J connectivity index is 1.74. The molecule has 2 amide bonds. The van der Waals surface area contributed by atoms with Crippen molar-refractivity contribution in [3.05, 3.63) is 36.4 Å². The molecule has 3 aromatic rings. The molecule has 0 aliphatic heterocycles. The van der Waals surface area contributed by atoms with Gasteiger partial charge in [-0.1, -0.05) is 11.3 Å². The van der Waals surface area contributed by atoms with Gasteiger partial charge in [-0.15, -0.1) is 11.8 Å². The minimum Gasteiger partial charge on any atom is -0.497 e. The summed E-state index contributed by atoms with van der Waals surface area (Å²) in [6.45, 7) is 0. The van der Waals surface area contributed by atoms with Crippen LogP contribution in [0.3, 0.4) is 0 Å². The molecule has 1 heterocycles. The number of nitrogens with one attached hydrogen (secondary N) is 2. The molecule has 0 spiro atoms. The number of aromatic nitrogens is 1. The predicted octanol–water partition coefficient (Wildman–Crippen LogP) is 4.68. The molecule has 0 saturated heterocycles. The van der Waals surface area contributed by atoms with Crippen LogP contribution in [0.25, 0.3) is 10.2 Å². The minimum absolute atomic E-state index is 0.382. The molecule has 0 bridgehead atoms. The largest absolute Gasteiger partial charge is 0.497 e. The summed E-state index contributed by atoms with van der Waals surface area (Å²) in [6.07, 6.45) is 2.02. The van der Waals surface area contributed by atoms with Crippen LogP contribution in [0.2, 0.25) is 0 Å². The number of fused-ring (bicyclic) bond motifs is 1. The average molecular weight is 375 g/mol. The van der Waals surface area contributed by atoms with Gasteiger partial charge >= 0.3 is 6.03 Å². The van der Waals surface area contributed by atoms with Gasteiger partial charge in [0, 0.05) is 11.0 Å². The Morgan fingerprint density at radius 2 is 1.96 bits per heavy atom. The molecule has 25 heavy (non-hydrogen) atoms. The molecule has 0 radical (unpaired) electrons. The van der Waals surface area contributed by atoms with Crippen LogP contribution in [0.4, 0.5) is 15.6 Å². The van der Waals surface area contributed by atoms with Crippen LogP contribution in [-0.2, 0) is 0 Å². The second-order valence-corrected chi connectivity index (χ2v) is 6.91. The molecule has 3 rings (SSSR count). The van der Waals surface area contributed by atoms with Crippen molar-refractivity contribution in [1.29, 1.82) is 0 Å². The third-order valence-electron chi connectivity index (χ3n) is 3.47. The highest BCUT2D eigenvalue weighted by molar-refractivity contribution is 7.98. The van der Waals surface area contributed by atoms with Gasteiger partial charge in [-0.2, -0.15) is 0 Å². The Morgan fingerprint density at radius 3 is 2.68 bits per heavy atom. The highest BCUT2D eigenvalue weighted by Crippen LogP contribution is 2.31. The van der Waals surface area contributed by atoms with Crippen molar-refractivity contribution < 1.29 is 14.3 Å². The number of amides is 2. The molecule has 0 unspecified atom stereocenters. The first-order valence-electron chi connectivity index (χ1n) is 7.37. The van der Waals surface area contributed by atoms with Gasteiger partial charge < -0.3 is 14.8 Å². The number of hydrogen-bond donors (Lipinski definition) is 2. The molecule has 130 valence electrons. The van der Waals surface area contributed by atoms with Crippen LogP contribution >= 0.6 is 23.1 Å². The van der Waals surface area contributed by atoms with Gasteiger partial charge in [0.05, 0.1) is 30.1 Å². The highest BCUT2D eigenvalue weighted by atomic mass is 32.2. The zero-order valence-corrected chi connectivity index (χ0v) is 15.6. The fourth-order valence-electron chi connectivity index (χ4n) is 2.24. The molecule has 8 heteroatoms. The predicted molar refractivity (Wildman–Crippen MR) is 104 cm³/mol. The summed E-state index contributed by atoms with van der Waals surface area (Å²) in [4.78, 5) is 17.8. The Morgan fingerprint density at radius 1 is 1.12 bits per heavy atom. The van der Waals surface area contributed by atoms with E-state index < -0.39 is 0 Å². The van der Waals surface area contributed by atoms with Crippen LogP contribution < -0.4 is 20.1 Å². The number of carbonyl (C=O) groups is 1. The van der Waals surface area contributed by atoms with E-state index in [0.717, 1.165) is 15.1 Å². The van der Waals surface area contributed by atoms with Crippen molar-refractivity contribution in [3.63, 3.8) is 0 Å². The molecule has 2 aromatic carbocycles. The number of anilines is 2. The van der Waals surface area contributed by atoms with E-state index in [4.69, 9.17) is 9.47 Å². The molecule has 0 aliphatic rings. The summed E-state index contributed by atoms with van der Waals surface area (Å²) in [6, 6.07) is 10.8. The number of carbonyl (C=O) groups excluding carboxylic acids is 1. The summed E-state index contributed by atoms with van der Waals surface area (Å²) >= 11 is 3.10. The third kappa shape index (κ3) is 3.97. The van der Waals surface area contributed by atoms with E-state index in [1.54, 1.807) is 37.1 Å². The SMILES string of the molecule is COc1ccc(NC(=O)Nc2nc3ccc(SC)cc3s2)c(OC)c1. The minimum atomic E-state index is -0.382. The maximum Gasteiger partial charge on any atom is 0.325 e. The number of thiazole rings is 1. The van der Waals surface area contributed by atoms with E-state index in [0.29, 0.717) is 22.3 Å².